The first-order valence-corrected chi connectivity index (χ1v) is 7.22. The largest absolute Gasteiger partial charge is 0.468 e. The molecule has 1 saturated carbocycles. The van der Waals surface area contributed by atoms with Crippen molar-refractivity contribution in [2.75, 3.05) is 12.4 Å². The van der Waals surface area contributed by atoms with Crippen LogP contribution in [-0.2, 0) is 16.1 Å². The number of hydrogen-bond acceptors (Lipinski definition) is 6. The summed E-state index contributed by atoms with van der Waals surface area (Å²) in [4.78, 5) is 19.9. The molecule has 1 aliphatic rings. The van der Waals surface area contributed by atoms with Crippen molar-refractivity contribution in [3.63, 3.8) is 0 Å². The third kappa shape index (κ3) is 2.81. The van der Waals surface area contributed by atoms with Crippen molar-refractivity contribution in [2.45, 2.75) is 38.8 Å². The van der Waals surface area contributed by atoms with Gasteiger partial charge in [-0.25, -0.2) is 14.6 Å². The summed E-state index contributed by atoms with van der Waals surface area (Å²) < 4.78 is 6.19. The van der Waals surface area contributed by atoms with Crippen LogP contribution in [0.2, 0.25) is 0 Å². The molecule has 7 heteroatoms. The molecule has 0 amide bonds. The monoisotopic (exact) mass is 289 g/mol. The third-order valence-corrected chi connectivity index (χ3v) is 3.84. The topological polar surface area (TPSA) is 81.9 Å². The highest BCUT2D eigenvalue weighted by Crippen LogP contribution is 2.37. The van der Waals surface area contributed by atoms with Crippen LogP contribution in [0.15, 0.2) is 12.5 Å². The Morgan fingerprint density at radius 1 is 1.52 bits per heavy atom. The first-order chi connectivity index (χ1) is 10.2. The van der Waals surface area contributed by atoms with Crippen LogP contribution < -0.4 is 5.32 Å². The van der Waals surface area contributed by atoms with Crippen LogP contribution in [0.5, 0.6) is 0 Å². The van der Waals surface area contributed by atoms with E-state index in [1.165, 1.54) is 37.4 Å². The van der Waals surface area contributed by atoms with Crippen LogP contribution in [0.1, 0.15) is 26.2 Å². The van der Waals surface area contributed by atoms with Crippen molar-refractivity contribution in [3.8, 4) is 0 Å². The smallest absolute Gasteiger partial charge is 0.327 e. The summed E-state index contributed by atoms with van der Waals surface area (Å²) in [6.45, 7) is 2.26. The van der Waals surface area contributed by atoms with Crippen molar-refractivity contribution in [1.29, 1.82) is 0 Å². The molecule has 1 fully saturated rings. The number of nitrogens with one attached hydrogen (secondary N) is 1. The first-order valence-electron chi connectivity index (χ1n) is 7.22. The van der Waals surface area contributed by atoms with Crippen LogP contribution in [0.4, 0.5) is 5.82 Å². The maximum atomic E-state index is 11.4. The molecule has 2 atom stereocenters. The number of methoxy groups -OCH3 is 1. The molecule has 0 bridgehead atoms. The fourth-order valence-electron chi connectivity index (χ4n) is 2.60. The molecule has 0 saturated heterocycles. The molecule has 2 unspecified atom stereocenters. The number of carbonyl (C=O) groups is 1. The van der Waals surface area contributed by atoms with Gasteiger partial charge in [-0.1, -0.05) is 13.3 Å². The summed E-state index contributed by atoms with van der Waals surface area (Å²) in [5.74, 6) is 1.18. The normalized spacial score (nSPS) is 20.5. The molecule has 0 aromatic carbocycles. The van der Waals surface area contributed by atoms with Crippen LogP contribution in [-0.4, -0.2) is 38.9 Å². The average molecular weight is 289 g/mol. The number of esters is 1. The van der Waals surface area contributed by atoms with Crippen molar-refractivity contribution in [2.24, 2.45) is 5.92 Å². The predicted molar refractivity (Wildman–Crippen MR) is 77.8 cm³/mol. The van der Waals surface area contributed by atoms with Crippen LogP contribution >= 0.6 is 0 Å². The molecule has 2 aromatic rings. The first kappa shape index (κ1) is 13.8. The lowest BCUT2D eigenvalue weighted by atomic mass is 10.2. The Labute approximate surface area is 122 Å². The highest BCUT2D eigenvalue weighted by molar-refractivity contribution is 5.87. The minimum absolute atomic E-state index is 0.0539. The summed E-state index contributed by atoms with van der Waals surface area (Å²) in [5.41, 5.74) is 0.644. The number of hydrogen-bond donors (Lipinski definition) is 1. The predicted octanol–water partition coefficient (Wildman–Crippen LogP) is 1.60. The molecule has 112 valence electrons. The van der Waals surface area contributed by atoms with Gasteiger partial charge in [0.1, 0.15) is 18.7 Å². The second-order valence-corrected chi connectivity index (χ2v) is 5.37. The molecule has 2 aromatic heterocycles. The zero-order chi connectivity index (χ0) is 14.8. The molecule has 7 nitrogen and oxygen atoms in total. The van der Waals surface area contributed by atoms with Crippen LogP contribution in [0, 0.1) is 5.92 Å². The number of aromatic nitrogens is 4. The van der Waals surface area contributed by atoms with Crippen molar-refractivity contribution in [3.05, 3.63) is 12.5 Å². The van der Waals surface area contributed by atoms with Gasteiger partial charge in [0.15, 0.2) is 5.65 Å². The minimum Gasteiger partial charge on any atom is -0.468 e. The van der Waals surface area contributed by atoms with Gasteiger partial charge in [0.05, 0.1) is 18.7 Å². The molecule has 0 radical (unpaired) electrons. The molecule has 3 rings (SSSR count). The Bertz CT molecular complexity index is 654. The zero-order valence-electron chi connectivity index (χ0n) is 12.2. The fraction of sp³-hybridized carbons (Fsp3) is 0.571. The van der Waals surface area contributed by atoms with Crippen molar-refractivity contribution in [1.82, 2.24) is 19.7 Å². The summed E-state index contributed by atoms with van der Waals surface area (Å²) in [5, 5.41) is 8.49. The van der Waals surface area contributed by atoms with E-state index in [0.717, 1.165) is 17.1 Å². The number of fused-ring (bicyclic) bond motifs is 1. The van der Waals surface area contributed by atoms with Gasteiger partial charge >= 0.3 is 5.97 Å². The molecule has 21 heavy (non-hydrogen) atoms. The van der Waals surface area contributed by atoms with E-state index in [-0.39, 0.29) is 12.5 Å². The maximum absolute atomic E-state index is 11.4. The van der Waals surface area contributed by atoms with E-state index in [9.17, 15) is 4.79 Å². The Balaban J connectivity index is 1.79. The molecular weight excluding hydrogens is 270 g/mol. The lowest BCUT2D eigenvalue weighted by molar-refractivity contribution is -0.141. The van der Waals surface area contributed by atoms with Crippen molar-refractivity contribution >= 4 is 22.8 Å². The highest BCUT2D eigenvalue weighted by atomic mass is 16.5. The minimum atomic E-state index is -0.349. The van der Waals surface area contributed by atoms with Gasteiger partial charge in [-0.2, -0.15) is 5.10 Å². The van der Waals surface area contributed by atoms with E-state index in [2.05, 4.69) is 32.0 Å². The van der Waals surface area contributed by atoms with Gasteiger partial charge in [-0.3, -0.25) is 4.79 Å². The van der Waals surface area contributed by atoms with Gasteiger partial charge in [-0.15, -0.1) is 0 Å². The SMILES string of the molecule is CCCC1CC1Nc1ncnc2c1cnn2CC(=O)OC. The average Bonchev–Trinajstić information content (AvgIpc) is 3.08. The number of anilines is 1. The zero-order valence-corrected chi connectivity index (χ0v) is 12.2. The summed E-state index contributed by atoms with van der Waals surface area (Å²) in [6, 6.07) is 0.493. The van der Waals surface area contributed by atoms with Gasteiger partial charge in [0, 0.05) is 6.04 Å². The second kappa shape index (κ2) is 5.67. The van der Waals surface area contributed by atoms with E-state index in [1.807, 2.05) is 0 Å². The summed E-state index contributed by atoms with van der Waals surface area (Å²) in [7, 11) is 1.36. The standard InChI is InChI=1S/C14H19N5O2/c1-3-4-9-5-11(9)18-13-10-6-17-19(7-12(20)21-2)14(10)16-8-15-13/h6,8-9,11H,3-5,7H2,1-2H3,(H,15,16,18). The summed E-state index contributed by atoms with van der Waals surface area (Å²) in [6.07, 6.45) is 6.83. The maximum Gasteiger partial charge on any atom is 0.327 e. The quantitative estimate of drug-likeness (QED) is 0.813. The lowest BCUT2D eigenvalue weighted by Gasteiger charge is -2.06. The molecule has 1 aliphatic carbocycles. The molecular formula is C14H19N5O2. The summed E-state index contributed by atoms with van der Waals surface area (Å²) >= 11 is 0. The van der Waals surface area contributed by atoms with E-state index >= 15 is 0 Å². The van der Waals surface area contributed by atoms with Crippen LogP contribution in [0.25, 0.3) is 11.0 Å². The van der Waals surface area contributed by atoms with Gasteiger partial charge in [0.2, 0.25) is 0 Å². The van der Waals surface area contributed by atoms with Crippen molar-refractivity contribution < 1.29 is 9.53 Å². The lowest BCUT2D eigenvalue weighted by Crippen LogP contribution is -2.13. The molecule has 0 spiro atoms. The number of ether oxygens (including phenoxy) is 1. The van der Waals surface area contributed by atoms with Gasteiger partial charge in [0.25, 0.3) is 0 Å². The highest BCUT2D eigenvalue weighted by Gasteiger charge is 2.36. The van der Waals surface area contributed by atoms with Gasteiger partial charge < -0.3 is 10.1 Å². The Morgan fingerprint density at radius 3 is 3.14 bits per heavy atom. The van der Waals surface area contributed by atoms with Gasteiger partial charge in [-0.05, 0) is 18.8 Å². The van der Waals surface area contributed by atoms with E-state index in [4.69, 9.17) is 0 Å². The van der Waals surface area contributed by atoms with E-state index in [1.54, 1.807) is 6.20 Å². The Hall–Kier alpha value is -2.18. The number of carbonyl (C=O) groups excluding carboxylic acids is 1. The Morgan fingerprint density at radius 2 is 2.38 bits per heavy atom. The third-order valence-electron chi connectivity index (χ3n) is 3.84. The van der Waals surface area contributed by atoms with E-state index in [0.29, 0.717) is 11.7 Å². The molecule has 1 N–H and O–H groups in total. The molecule has 0 aliphatic heterocycles. The van der Waals surface area contributed by atoms with Crippen LogP contribution in [0.3, 0.4) is 0 Å². The number of rotatable bonds is 6. The fourth-order valence-corrected chi connectivity index (χ4v) is 2.60. The molecule has 2 heterocycles. The van der Waals surface area contributed by atoms with E-state index < -0.39 is 0 Å². The number of nitrogens with zero attached hydrogens (tertiary/aromatic N) is 4. The Kier molecular flexibility index (Phi) is 3.72. The second-order valence-electron chi connectivity index (χ2n) is 5.37.